The summed E-state index contributed by atoms with van der Waals surface area (Å²) in [7, 11) is 0. The van der Waals surface area contributed by atoms with Crippen molar-refractivity contribution in [1.82, 2.24) is 4.98 Å². The summed E-state index contributed by atoms with van der Waals surface area (Å²) in [5.74, 6) is -1.24. The van der Waals surface area contributed by atoms with E-state index in [1.807, 2.05) is 26.0 Å². The largest absolute Gasteiger partial charge is 0.457 e. The smallest absolute Gasteiger partial charge is 0.309 e. The molecule has 7 atom stereocenters. The number of carbonyl (C=O) groups excluding carboxylic acids is 2. The molecule has 9 nitrogen and oxygen atoms in total. The fourth-order valence-corrected chi connectivity index (χ4v) is 5.50. The molecule has 9 heteroatoms. The number of nitrogens with zero attached hydrogens (tertiary/aromatic N) is 1. The van der Waals surface area contributed by atoms with E-state index in [-0.39, 0.29) is 36.4 Å². The van der Waals surface area contributed by atoms with Gasteiger partial charge in [-0.1, -0.05) is 40.2 Å². The minimum Gasteiger partial charge on any atom is -0.457 e. The standard InChI is InChI=1S/C28H40N2O7/c1-15-7-6-10-28(5)22(37-28)12-20(17-8-9-19-18(11-17)30-23(14-29)35-19)36-24(32)13-21(31)27(3,4)26(34)16(2)25(15)33/h8-9,11,15-16,20-22,25,31,33H,6-7,10,12-14,29H2,1-5H3. The fourth-order valence-electron chi connectivity index (χ4n) is 5.50. The predicted octanol–water partition coefficient (Wildman–Crippen LogP) is 3.58. The molecule has 2 aliphatic heterocycles. The fraction of sp³-hybridized carbons (Fsp3) is 0.679. The number of aliphatic hydroxyl groups excluding tert-OH is 2. The number of epoxide rings is 1. The number of rotatable bonds is 2. The number of carbonyl (C=O) groups is 2. The minimum absolute atomic E-state index is 0.0917. The van der Waals surface area contributed by atoms with Crippen molar-refractivity contribution in [2.45, 2.75) is 103 Å². The normalized spacial score (nSPS) is 35.7. The third-order valence-electron chi connectivity index (χ3n) is 8.41. The Morgan fingerprint density at radius 1 is 1.16 bits per heavy atom. The Bertz CT molecular complexity index is 1140. The maximum absolute atomic E-state index is 13.3. The molecule has 37 heavy (non-hydrogen) atoms. The molecule has 2 aliphatic rings. The van der Waals surface area contributed by atoms with Crippen LogP contribution in [0.15, 0.2) is 22.6 Å². The molecule has 1 aromatic heterocycles. The lowest BCUT2D eigenvalue weighted by Crippen LogP contribution is -2.45. The van der Waals surface area contributed by atoms with Gasteiger partial charge in [-0.3, -0.25) is 9.59 Å². The molecule has 2 aromatic rings. The quantitative estimate of drug-likeness (QED) is 0.402. The number of cyclic esters (lactones) is 1. The molecule has 204 valence electrons. The van der Waals surface area contributed by atoms with Crippen molar-refractivity contribution in [1.29, 1.82) is 0 Å². The van der Waals surface area contributed by atoms with Crippen molar-refractivity contribution in [2.24, 2.45) is 23.0 Å². The first-order valence-corrected chi connectivity index (χ1v) is 13.2. The van der Waals surface area contributed by atoms with Gasteiger partial charge in [-0.15, -0.1) is 0 Å². The molecule has 1 aromatic carbocycles. The SMILES string of the molecule is CC1CCCC2(C)OC2CC(c2ccc3oc(CN)nc3c2)OC(=O)CC(O)C(C)(C)C(=O)C(C)C1O. The summed E-state index contributed by atoms with van der Waals surface area (Å²) in [6.07, 6.45) is -0.356. The zero-order valence-electron chi connectivity index (χ0n) is 22.4. The highest BCUT2D eigenvalue weighted by Gasteiger charge is 2.53. The summed E-state index contributed by atoms with van der Waals surface area (Å²) in [5, 5.41) is 21.8. The maximum atomic E-state index is 13.3. The van der Waals surface area contributed by atoms with Crippen LogP contribution in [-0.4, -0.2) is 50.9 Å². The Kier molecular flexibility index (Phi) is 7.82. The molecule has 4 rings (SSSR count). The van der Waals surface area contributed by atoms with Crippen LogP contribution in [0.5, 0.6) is 0 Å². The monoisotopic (exact) mass is 516 g/mol. The van der Waals surface area contributed by atoms with Crippen LogP contribution in [0.25, 0.3) is 11.1 Å². The number of hydrogen-bond donors (Lipinski definition) is 3. The van der Waals surface area contributed by atoms with Crippen LogP contribution < -0.4 is 5.73 Å². The summed E-state index contributed by atoms with van der Waals surface area (Å²) in [5.41, 5.74) is 6.03. The number of ketones is 1. The Hall–Kier alpha value is -2.33. The number of oxazole rings is 1. The first-order valence-electron chi connectivity index (χ1n) is 13.2. The number of esters is 1. The van der Waals surface area contributed by atoms with Gasteiger partial charge in [0.05, 0.1) is 42.3 Å². The van der Waals surface area contributed by atoms with Crippen LogP contribution >= 0.6 is 0 Å². The van der Waals surface area contributed by atoms with Crippen LogP contribution in [0.1, 0.15) is 84.3 Å². The third-order valence-corrected chi connectivity index (χ3v) is 8.41. The Balaban J connectivity index is 1.62. The number of ether oxygens (including phenoxy) is 2. The molecule has 0 spiro atoms. The van der Waals surface area contributed by atoms with Crippen LogP contribution in [0.2, 0.25) is 0 Å². The van der Waals surface area contributed by atoms with E-state index in [0.29, 0.717) is 23.4 Å². The maximum Gasteiger partial charge on any atom is 0.309 e. The molecule has 4 N–H and O–H groups in total. The minimum atomic E-state index is -1.27. The lowest BCUT2D eigenvalue weighted by Gasteiger charge is -2.34. The first kappa shape index (κ1) is 27.7. The van der Waals surface area contributed by atoms with Gasteiger partial charge in [0.15, 0.2) is 5.58 Å². The van der Waals surface area contributed by atoms with Crippen LogP contribution in [-0.2, 0) is 25.6 Å². The number of aliphatic hydroxyl groups is 2. The number of aromatic nitrogens is 1. The highest BCUT2D eigenvalue weighted by atomic mass is 16.6. The van der Waals surface area contributed by atoms with Crippen molar-refractivity contribution in [3.63, 3.8) is 0 Å². The second-order valence-corrected chi connectivity index (χ2v) is 11.6. The van der Waals surface area contributed by atoms with Gasteiger partial charge in [-0.2, -0.15) is 0 Å². The van der Waals surface area contributed by atoms with Gasteiger partial charge in [0.25, 0.3) is 0 Å². The van der Waals surface area contributed by atoms with Gasteiger partial charge >= 0.3 is 5.97 Å². The van der Waals surface area contributed by atoms with Crippen molar-refractivity contribution >= 4 is 22.9 Å². The summed E-state index contributed by atoms with van der Waals surface area (Å²) in [4.78, 5) is 30.7. The molecular formula is C28H40N2O7. The molecule has 0 bridgehead atoms. The average molecular weight is 517 g/mol. The molecule has 2 saturated heterocycles. The third kappa shape index (κ3) is 5.74. The van der Waals surface area contributed by atoms with Gasteiger partial charge in [-0.25, -0.2) is 4.98 Å². The highest BCUT2D eigenvalue weighted by molar-refractivity contribution is 5.88. The first-order chi connectivity index (χ1) is 17.4. The van der Waals surface area contributed by atoms with Gasteiger partial charge in [0.2, 0.25) is 5.89 Å². The highest BCUT2D eigenvalue weighted by Crippen LogP contribution is 2.46. The molecule has 0 amide bonds. The van der Waals surface area contributed by atoms with E-state index in [1.165, 1.54) is 0 Å². The molecule has 0 aliphatic carbocycles. The number of fused-ring (bicyclic) bond motifs is 2. The second-order valence-electron chi connectivity index (χ2n) is 11.6. The van der Waals surface area contributed by atoms with E-state index in [0.717, 1.165) is 24.8 Å². The van der Waals surface area contributed by atoms with Crippen LogP contribution in [0.3, 0.4) is 0 Å². The molecule has 7 unspecified atom stereocenters. The zero-order valence-corrected chi connectivity index (χ0v) is 22.4. The molecule has 2 fully saturated rings. The van der Waals surface area contributed by atoms with Gasteiger partial charge < -0.3 is 29.8 Å². The van der Waals surface area contributed by atoms with Crippen molar-refractivity contribution in [3.05, 3.63) is 29.7 Å². The predicted molar refractivity (Wildman–Crippen MR) is 136 cm³/mol. The van der Waals surface area contributed by atoms with E-state index >= 15 is 0 Å². The average Bonchev–Trinajstić information content (AvgIpc) is 3.29. The molecule has 0 saturated carbocycles. The van der Waals surface area contributed by atoms with E-state index < -0.39 is 35.6 Å². The van der Waals surface area contributed by atoms with Crippen molar-refractivity contribution in [2.75, 3.05) is 0 Å². The van der Waals surface area contributed by atoms with Gasteiger partial charge in [-0.05, 0) is 43.4 Å². The summed E-state index contributed by atoms with van der Waals surface area (Å²) in [6, 6.07) is 5.43. The number of benzene rings is 1. The lowest BCUT2D eigenvalue weighted by atomic mass is 9.73. The van der Waals surface area contributed by atoms with E-state index in [1.54, 1.807) is 26.8 Å². The summed E-state index contributed by atoms with van der Waals surface area (Å²) >= 11 is 0. The van der Waals surface area contributed by atoms with Gasteiger partial charge in [0.1, 0.15) is 17.4 Å². The number of hydrogen-bond acceptors (Lipinski definition) is 9. The summed E-state index contributed by atoms with van der Waals surface area (Å²) < 4.78 is 17.6. The van der Waals surface area contributed by atoms with Crippen molar-refractivity contribution in [3.8, 4) is 0 Å². The Labute approximate surface area is 217 Å². The Morgan fingerprint density at radius 2 is 1.89 bits per heavy atom. The van der Waals surface area contributed by atoms with E-state index in [4.69, 9.17) is 19.6 Å². The molecule has 3 heterocycles. The van der Waals surface area contributed by atoms with E-state index in [9.17, 15) is 19.8 Å². The second kappa shape index (κ2) is 10.4. The zero-order chi connectivity index (χ0) is 27.1. The summed E-state index contributed by atoms with van der Waals surface area (Å²) in [6.45, 7) is 9.08. The van der Waals surface area contributed by atoms with E-state index in [2.05, 4.69) is 4.98 Å². The molecular weight excluding hydrogens is 476 g/mol. The van der Waals surface area contributed by atoms with Crippen molar-refractivity contribution < 1.29 is 33.7 Å². The topological polar surface area (TPSA) is 148 Å². The lowest BCUT2D eigenvalue weighted by molar-refractivity contribution is -0.156. The molecule has 0 radical (unpaired) electrons. The Morgan fingerprint density at radius 3 is 2.59 bits per heavy atom. The van der Waals surface area contributed by atoms with Gasteiger partial charge in [0, 0.05) is 12.3 Å². The van der Waals surface area contributed by atoms with Crippen LogP contribution in [0.4, 0.5) is 0 Å². The number of Topliss-reactive ketones (excluding diaryl/α,β-unsaturated/α-hetero) is 1. The van der Waals surface area contributed by atoms with Crippen LogP contribution in [0, 0.1) is 17.3 Å². The number of nitrogens with two attached hydrogens (primary N) is 1.